The van der Waals surface area contributed by atoms with Gasteiger partial charge in [0.25, 0.3) is 0 Å². The van der Waals surface area contributed by atoms with Gasteiger partial charge in [0, 0.05) is 36.4 Å². The molecule has 0 aromatic heterocycles. The number of anilines is 1. The van der Waals surface area contributed by atoms with E-state index in [0.29, 0.717) is 6.04 Å². The van der Waals surface area contributed by atoms with E-state index in [9.17, 15) is 0 Å². The predicted octanol–water partition coefficient (Wildman–Crippen LogP) is 4.35. The molecule has 0 spiro atoms. The van der Waals surface area contributed by atoms with E-state index in [0.717, 1.165) is 16.1 Å². The van der Waals surface area contributed by atoms with Crippen LogP contribution in [-0.4, -0.2) is 21.1 Å². The molecular formula is C17H21ClN2. The summed E-state index contributed by atoms with van der Waals surface area (Å²) in [6, 6.07) is 14.9. The van der Waals surface area contributed by atoms with Gasteiger partial charge in [0.05, 0.1) is 0 Å². The molecule has 20 heavy (non-hydrogen) atoms. The second-order valence-corrected chi connectivity index (χ2v) is 5.60. The number of rotatable bonds is 4. The van der Waals surface area contributed by atoms with E-state index in [1.807, 2.05) is 27.2 Å². The molecule has 0 saturated carbocycles. The van der Waals surface area contributed by atoms with Gasteiger partial charge in [-0.15, -0.1) is 0 Å². The molecule has 1 atom stereocenters. The summed E-state index contributed by atoms with van der Waals surface area (Å²) in [5.74, 6) is 0. The summed E-state index contributed by atoms with van der Waals surface area (Å²) in [5.41, 5.74) is 4.63. The molecule has 0 saturated heterocycles. The van der Waals surface area contributed by atoms with Gasteiger partial charge in [0.2, 0.25) is 0 Å². The number of nitrogens with one attached hydrogen (secondary N) is 1. The normalized spacial score (nSPS) is 12.2. The lowest BCUT2D eigenvalue weighted by molar-refractivity contribution is 0.652. The van der Waals surface area contributed by atoms with Crippen LogP contribution in [0, 0.1) is 0 Å². The molecule has 1 N–H and O–H groups in total. The van der Waals surface area contributed by atoms with Crippen molar-refractivity contribution in [2.24, 2.45) is 0 Å². The van der Waals surface area contributed by atoms with Crippen LogP contribution in [0.1, 0.15) is 18.5 Å². The van der Waals surface area contributed by atoms with E-state index in [4.69, 9.17) is 11.6 Å². The molecule has 2 rings (SSSR count). The van der Waals surface area contributed by atoms with E-state index in [1.165, 1.54) is 11.3 Å². The van der Waals surface area contributed by atoms with Crippen molar-refractivity contribution in [3.8, 4) is 11.1 Å². The Morgan fingerprint density at radius 3 is 2.50 bits per heavy atom. The Morgan fingerprint density at radius 2 is 1.85 bits per heavy atom. The molecule has 0 aliphatic heterocycles. The van der Waals surface area contributed by atoms with Crippen molar-refractivity contribution in [1.29, 1.82) is 0 Å². The zero-order chi connectivity index (χ0) is 14.7. The maximum atomic E-state index is 6.38. The van der Waals surface area contributed by atoms with Crippen LogP contribution in [0.5, 0.6) is 0 Å². The molecule has 0 bridgehead atoms. The molecule has 0 fully saturated rings. The number of benzene rings is 2. The van der Waals surface area contributed by atoms with Gasteiger partial charge in [-0.3, -0.25) is 0 Å². The standard InChI is InChI=1S/C17H21ClN2/c1-12(19-2)13-8-9-17(18)16(11-13)14-6-5-7-15(10-14)20(3)4/h5-12,19H,1-4H3. The lowest BCUT2D eigenvalue weighted by atomic mass is 9.99. The van der Waals surface area contributed by atoms with Crippen molar-refractivity contribution in [3.05, 3.63) is 53.1 Å². The Bertz CT molecular complexity index is 593. The molecule has 2 nitrogen and oxygen atoms in total. The van der Waals surface area contributed by atoms with Gasteiger partial charge < -0.3 is 10.2 Å². The first-order chi connectivity index (χ1) is 9.52. The van der Waals surface area contributed by atoms with Gasteiger partial charge in [-0.05, 0) is 49.4 Å². The van der Waals surface area contributed by atoms with Crippen molar-refractivity contribution >= 4 is 17.3 Å². The minimum atomic E-state index is 0.308. The molecule has 0 aliphatic rings. The molecule has 3 heteroatoms. The Labute approximate surface area is 126 Å². The maximum absolute atomic E-state index is 6.38. The molecule has 106 valence electrons. The van der Waals surface area contributed by atoms with Crippen molar-refractivity contribution in [1.82, 2.24) is 5.32 Å². The molecule has 0 radical (unpaired) electrons. The van der Waals surface area contributed by atoms with Crippen LogP contribution in [-0.2, 0) is 0 Å². The number of nitrogens with zero attached hydrogens (tertiary/aromatic N) is 1. The summed E-state index contributed by atoms with van der Waals surface area (Å²) in [6.45, 7) is 2.14. The molecule has 2 aromatic rings. The van der Waals surface area contributed by atoms with E-state index in [-0.39, 0.29) is 0 Å². The summed E-state index contributed by atoms with van der Waals surface area (Å²) >= 11 is 6.38. The SMILES string of the molecule is CNC(C)c1ccc(Cl)c(-c2cccc(N(C)C)c2)c1. The second kappa shape index (κ2) is 6.29. The van der Waals surface area contributed by atoms with Crippen molar-refractivity contribution in [3.63, 3.8) is 0 Å². The Hall–Kier alpha value is -1.51. The van der Waals surface area contributed by atoms with Crippen LogP contribution in [0.15, 0.2) is 42.5 Å². The van der Waals surface area contributed by atoms with E-state index < -0.39 is 0 Å². The topological polar surface area (TPSA) is 15.3 Å². The lowest BCUT2D eigenvalue weighted by Gasteiger charge is -2.16. The van der Waals surface area contributed by atoms with Crippen LogP contribution in [0.3, 0.4) is 0 Å². The van der Waals surface area contributed by atoms with Crippen LogP contribution in [0.4, 0.5) is 5.69 Å². The molecule has 0 amide bonds. The fraction of sp³-hybridized carbons (Fsp3) is 0.294. The highest BCUT2D eigenvalue weighted by Gasteiger charge is 2.09. The fourth-order valence-corrected chi connectivity index (χ4v) is 2.38. The fourth-order valence-electron chi connectivity index (χ4n) is 2.15. The van der Waals surface area contributed by atoms with Gasteiger partial charge in [-0.2, -0.15) is 0 Å². The largest absolute Gasteiger partial charge is 0.378 e. The predicted molar refractivity (Wildman–Crippen MR) is 88.7 cm³/mol. The minimum Gasteiger partial charge on any atom is -0.378 e. The van der Waals surface area contributed by atoms with Gasteiger partial charge in [-0.1, -0.05) is 29.8 Å². The maximum Gasteiger partial charge on any atom is 0.0484 e. The first kappa shape index (κ1) is 14.9. The van der Waals surface area contributed by atoms with E-state index in [1.54, 1.807) is 0 Å². The van der Waals surface area contributed by atoms with E-state index >= 15 is 0 Å². The zero-order valence-electron chi connectivity index (χ0n) is 12.4. The monoisotopic (exact) mass is 288 g/mol. The lowest BCUT2D eigenvalue weighted by Crippen LogP contribution is -2.12. The Balaban J connectivity index is 2.48. The Morgan fingerprint density at radius 1 is 1.10 bits per heavy atom. The number of halogens is 1. The quantitative estimate of drug-likeness (QED) is 0.899. The average molecular weight is 289 g/mol. The van der Waals surface area contributed by atoms with E-state index in [2.05, 4.69) is 53.5 Å². The van der Waals surface area contributed by atoms with Gasteiger partial charge in [-0.25, -0.2) is 0 Å². The van der Waals surface area contributed by atoms with Crippen LogP contribution >= 0.6 is 11.6 Å². The minimum absolute atomic E-state index is 0.308. The highest BCUT2D eigenvalue weighted by Crippen LogP contribution is 2.32. The first-order valence-corrected chi connectivity index (χ1v) is 7.15. The second-order valence-electron chi connectivity index (χ2n) is 5.19. The van der Waals surface area contributed by atoms with Crippen LogP contribution in [0.2, 0.25) is 5.02 Å². The summed E-state index contributed by atoms with van der Waals surface area (Å²) in [7, 11) is 6.05. The zero-order valence-corrected chi connectivity index (χ0v) is 13.2. The first-order valence-electron chi connectivity index (χ1n) is 6.77. The summed E-state index contributed by atoms with van der Waals surface area (Å²) < 4.78 is 0. The van der Waals surface area contributed by atoms with Crippen LogP contribution < -0.4 is 10.2 Å². The molecule has 0 heterocycles. The molecule has 1 unspecified atom stereocenters. The van der Waals surface area contributed by atoms with Crippen molar-refractivity contribution in [2.75, 3.05) is 26.0 Å². The summed E-state index contributed by atoms with van der Waals surface area (Å²) in [5, 5.41) is 4.04. The number of hydrogen-bond acceptors (Lipinski definition) is 2. The summed E-state index contributed by atoms with van der Waals surface area (Å²) in [6.07, 6.45) is 0. The van der Waals surface area contributed by atoms with Gasteiger partial charge >= 0.3 is 0 Å². The Kier molecular flexibility index (Phi) is 4.69. The third-order valence-electron chi connectivity index (χ3n) is 3.60. The van der Waals surface area contributed by atoms with Crippen molar-refractivity contribution in [2.45, 2.75) is 13.0 Å². The highest BCUT2D eigenvalue weighted by molar-refractivity contribution is 6.33. The third-order valence-corrected chi connectivity index (χ3v) is 3.93. The van der Waals surface area contributed by atoms with Gasteiger partial charge in [0.15, 0.2) is 0 Å². The summed E-state index contributed by atoms with van der Waals surface area (Å²) in [4.78, 5) is 2.09. The van der Waals surface area contributed by atoms with Crippen LogP contribution in [0.25, 0.3) is 11.1 Å². The highest BCUT2D eigenvalue weighted by atomic mass is 35.5. The molecule has 2 aromatic carbocycles. The average Bonchev–Trinajstić information content (AvgIpc) is 2.47. The smallest absolute Gasteiger partial charge is 0.0484 e. The molecular weight excluding hydrogens is 268 g/mol. The third kappa shape index (κ3) is 3.14. The molecule has 0 aliphatic carbocycles. The van der Waals surface area contributed by atoms with Crippen molar-refractivity contribution < 1.29 is 0 Å². The number of hydrogen-bond donors (Lipinski definition) is 1. The van der Waals surface area contributed by atoms with Gasteiger partial charge in [0.1, 0.15) is 0 Å².